The van der Waals surface area contributed by atoms with Gasteiger partial charge in [-0.05, 0) is 61.0 Å². The zero-order valence-electron chi connectivity index (χ0n) is 25.6. The highest BCUT2D eigenvalue weighted by molar-refractivity contribution is 7.99. The number of hydrazone groups is 1. The highest BCUT2D eigenvalue weighted by atomic mass is 32.2. The van der Waals surface area contributed by atoms with Crippen molar-refractivity contribution in [2.45, 2.75) is 55.2 Å². The Morgan fingerprint density at radius 3 is 2.43 bits per heavy atom. The van der Waals surface area contributed by atoms with Crippen LogP contribution in [0.4, 0.5) is 0 Å². The lowest BCUT2D eigenvalue weighted by molar-refractivity contribution is -0.130. The highest BCUT2D eigenvalue weighted by Crippen LogP contribution is 2.34. The molecule has 2 aliphatic rings. The normalized spacial score (nSPS) is 17.2. The number of benzene rings is 2. The number of thiophene rings is 1. The van der Waals surface area contributed by atoms with E-state index in [4.69, 9.17) is 5.10 Å². The molecule has 46 heavy (non-hydrogen) atoms. The molecule has 0 saturated carbocycles. The van der Waals surface area contributed by atoms with Crippen molar-refractivity contribution in [2.75, 3.05) is 18.8 Å². The van der Waals surface area contributed by atoms with E-state index < -0.39 is 10.0 Å². The number of aryl methyl sites for hydroxylation is 1. The third kappa shape index (κ3) is 6.94. The van der Waals surface area contributed by atoms with E-state index in [0.29, 0.717) is 36.1 Å². The van der Waals surface area contributed by atoms with E-state index in [9.17, 15) is 18.0 Å². The van der Waals surface area contributed by atoms with E-state index in [-0.39, 0.29) is 35.0 Å². The van der Waals surface area contributed by atoms with Crippen molar-refractivity contribution in [1.29, 1.82) is 0 Å². The molecule has 0 aliphatic carbocycles. The minimum atomic E-state index is -3.57. The van der Waals surface area contributed by atoms with Crippen molar-refractivity contribution in [2.24, 2.45) is 12.1 Å². The Labute approximate surface area is 276 Å². The Morgan fingerprint density at radius 1 is 1.00 bits per heavy atom. The van der Waals surface area contributed by atoms with Gasteiger partial charge in [-0.2, -0.15) is 9.41 Å². The standard InChI is InChI=1S/C32H35N7O4S3/c1-22-8-10-23(11-9-22)27-19-26(28-7-6-18-44-28)36-39(27)30(40)21-45-32-35-34-29(37(32)2)20-33-31(41)24-12-14-25(15-13-24)46(42,43)38-16-4-3-5-17-38/h6-15,18,27H,3-5,16-17,19-21H2,1-2H3,(H,33,41). The van der Waals surface area contributed by atoms with Crippen LogP contribution in [0.25, 0.3) is 0 Å². The van der Waals surface area contributed by atoms with Gasteiger partial charge in [0.05, 0.1) is 33.8 Å². The van der Waals surface area contributed by atoms with Crippen molar-refractivity contribution in [3.05, 3.63) is 93.4 Å². The highest BCUT2D eigenvalue weighted by Gasteiger charge is 2.33. The summed E-state index contributed by atoms with van der Waals surface area (Å²) in [6.45, 7) is 3.19. The number of amides is 2. The summed E-state index contributed by atoms with van der Waals surface area (Å²) in [6.07, 6.45) is 3.40. The summed E-state index contributed by atoms with van der Waals surface area (Å²) in [5.41, 5.74) is 3.43. The van der Waals surface area contributed by atoms with Crippen LogP contribution in [0.2, 0.25) is 0 Å². The molecule has 2 aliphatic heterocycles. The Kier molecular flexibility index (Phi) is 9.68. The largest absolute Gasteiger partial charge is 0.345 e. The summed E-state index contributed by atoms with van der Waals surface area (Å²) in [4.78, 5) is 27.6. The van der Waals surface area contributed by atoms with E-state index in [1.54, 1.807) is 28.0 Å². The number of aromatic nitrogens is 3. The van der Waals surface area contributed by atoms with Crippen molar-refractivity contribution in [3.8, 4) is 0 Å². The molecule has 6 rings (SSSR count). The van der Waals surface area contributed by atoms with Crippen LogP contribution in [0.15, 0.2) is 81.2 Å². The van der Waals surface area contributed by atoms with E-state index in [2.05, 4.69) is 27.6 Å². The summed E-state index contributed by atoms with van der Waals surface area (Å²) in [7, 11) is -1.78. The molecule has 1 saturated heterocycles. The fourth-order valence-corrected chi connectivity index (χ4v) is 8.51. The van der Waals surface area contributed by atoms with Crippen LogP contribution < -0.4 is 5.32 Å². The van der Waals surface area contributed by atoms with Crippen molar-refractivity contribution in [3.63, 3.8) is 0 Å². The number of carbonyl (C=O) groups excluding carboxylic acids is 2. The van der Waals surface area contributed by atoms with Gasteiger partial charge >= 0.3 is 0 Å². The molecule has 1 fully saturated rings. The van der Waals surface area contributed by atoms with Gasteiger partial charge in [0.2, 0.25) is 10.0 Å². The van der Waals surface area contributed by atoms with Crippen LogP contribution >= 0.6 is 23.1 Å². The van der Waals surface area contributed by atoms with Crippen molar-refractivity contribution >= 4 is 50.6 Å². The molecule has 2 amide bonds. The summed E-state index contributed by atoms with van der Waals surface area (Å²) in [5.74, 6) is 0.147. The number of hydrogen-bond acceptors (Lipinski definition) is 9. The predicted octanol–water partition coefficient (Wildman–Crippen LogP) is 4.76. The number of sulfonamides is 1. The fourth-order valence-electron chi connectivity index (χ4n) is 5.49. The monoisotopic (exact) mass is 677 g/mol. The van der Waals surface area contributed by atoms with Crippen LogP contribution in [0.5, 0.6) is 0 Å². The molecule has 11 nitrogen and oxygen atoms in total. The first-order valence-electron chi connectivity index (χ1n) is 15.1. The zero-order valence-corrected chi connectivity index (χ0v) is 28.1. The van der Waals surface area contributed by atoms with E-state index in [1.165, 1.54) is 40.3 Å². The van der Waals surface area contributed by atoms with Gasteiger partial charge in [0.25, 0.3) is 11.8 Å². The summed E-state index contributed by atoms with van der Waals surface area (Å²) >= 11 is 2.87. The smallest absolute Gasteiger partial charge is 0.253 e. The molecule has 1 N–H and O–H groups in total. The number of thioether (sulfide) groups is 1. The van der Waals surface area contributed by atoms with Crippen molar-refractivity contribution in [1.82, 2.24) is 29.4 Å². The van der Waals surface area contributed by atoms with Crippen LogP contribution in [0, 0.1) is 6.92 Å². The average Bonchev–Trinajstić information content (AvgIpc) is 3.84. The predicted molar refractivity (Wildman–Crippen MR) is 178 cm³/mol. The van der Waals surface area contributed by atoms with Gasteiger partial charge in [0, 0.05) is 32.1 Å². The second kappa shape index (κ2) is 13.9. The molecule has 0 radical (unpaired) electrons. The van der Waals surface area contributed by atoms with Crippen molar-refractivity contribution < 1.29 is 18.0 Å². The van der Waals surface area contributed by atoms with Gasteiger partial charge in [-0.25, -0.2) is 13.4 Å². The molecule has 4 aromatic rings. The van der Waals surface area contributed by atoms with Gasteiger partial charge in [0.15, 0.2) is 11.0 Å². The topological polar surface area (TPSA) is 130 Å². The number of nitrogens with zero attached hydrogens (tertiary/aromatic N) is 6. The molecule has 240 valence electrons. The Hall–Kier alpha value is -3.85. The summed E-state index contributed by atoms with van der Waals surface area (Å²) in [6, 6.07) is 18.0. The minimum Gasteiger partial charge on any atom is -0.345 e. The number of nitrogens with one attached hydrogen (secondary N) is 1. The van der Waals surface area contributed by atoms with Gasteiger partial charge in [-0.3, -0.25) is 9.59 Å². The average molecular weight is 678 g/mol. The molecule has 2 aromatic heterocycles. The number of hydrogen-bond donors (Lipinski definition) is 1. The van der Waals surface area contributed by atoms with Gasteiger partial charge in [-0.15, -0.1) is 21.5 Å². The molecule has 2 aromatic carbocycles. The molecule has 1 atom stereocenters. The third-order valence-electron chi connectivity index (χ3n) is 8.16. The van der Waals surface area contributed by atoms with Crippen LogP contribution in [-0.4, -0.2) is 68.9 Å². The summed E-state index contributed by atoms with van der Waals surface area (Å²) in [5, 5.41) is 20.2. The molecule has 4 heterocycles. The molecule has 14 heteroatoms. The second-order valence-corrected chi connectivity index (χ2v) is 15.1. The molecular weight excluding hydrogens is 643 g/mol. The first kappa shape index (κ1) is 32.1. The maximum Gasteiger partial charge on any atom is 0.253 e. The third-order valence-corrected chi connectivity index (χ3v) is 12.0. The number of carbonyl (C=O) groups is 2. The summed E-state index contributed by atoms with van der Waals surface area (Å²) < 4.78 is 29.1. The Morgan fingerprint density at radius 2 is 1.74 bits per heavy atom. The lowest BCUT2D eigenvalue weighted by Crippen LogP contribution is -2.35. The van der Waals surface area contributed by atoms with E-state index >= 15 is 0 Å². The first-order chi connectivity index (χ1) is 22.2. The first-order valence-corrected chi connectivity index (χ1v) is 18.4. The van der Waals surface area contributed by atoms with Gasteiger partial charge in [0.1, 0.15) is 0 Å². The van der Waals surface area contributed by atoms with Gasteiger partial charge in [-0.1, -0.05) is 54.1 Å². The zero-order chi connectivity index (χ0) is 32.3. The molecule has 0 spiro atoms. The second-order valence-electron chi connectivity index (χ2n) is 11.3. The molecular formula is C32H35N7O4S3. The SMILES string of the molecule is Cc1ccc(C2CC(c3cccs3)=NN2C(=O)CSc2nnc(CNC(=O)c3ccc(S(=O)(=O)N4CCCCC4)cc3)n2C)cc1. The van der Waals surface area contributed by atoms with Crippen LogP contribution in [0.3, 0.4) is 0 Å². The fraction of sp³-hybridized carbons (Fsp3) is 0.344. The van der Waals surface area contributed by atoms with E-state index in [1.807, 2.05) is 36.6 Å². The molecule has 0 bridgehead atoms. The van der Waals surface area contributed by atoms with Gasteiger partial charge < -0.3 is 9.88 Å². The maximum absolute atomic E-state index is 13.5. The number of rotatable bonds is 10. The van der Waals surface area contributed by atoms with Crippen LogP contribution in [-0.2, 0) is 28.4 Å². The molecule has 1 unspecified atom stereocenters. The quantitative estimate of drug-likeness (QED) is 0.240. The minimum absolute atomic E-state index is 0.112. The van der Waals surface area contributed by atoms with Crippen LogP contribution in [0.1, 0.15) is 63.9 Å². The maximum atomic E-state index is 13.5. The Bertz CT molecular complexity index is 1830. The Balaban J connectivity index is 1.06. The lowest BCUT2D eigenvalue weighted by Gasteiger charge is -2.25. The lowest BCUT2D eigenvalue weighted by atomic mass is 10.00. The van der Waals surface area contributed by atoms with E-state index in [0.717, 1.165) is 41.0 Å². The number of piperidine rings is 1.